The van der Waals surface area contributed by atoms with E-state index in [9.17, 15) is 10.2 Å². The third kappa shape index (κ3) is 3.72. The normalized spacial score (nSPS) is 44.3. The Hall–Kier alpha value is -2.52. The zero-order chi connectivity index (χ0) is 33.9. The number of rotatable bonds is 4. The fraction of sp³-hybridized carbons (Fsp3) is 0.714. The summed E-state index contributed by atoms with van der Waals surface area (Å²) >= 11 is 0. The Morgan fingerprint density at radius 3 is 1.46 bits per heavy atom. The molecule has 268 valence electrons. The van der Waals surface area contributed by atoms with Crippen molar-refractivity contribution in [2.75, 3.05) is 26.2 Å². The lowest BCUT2D eigenvalue weighted by molar-refractivity contribution is -0.121. The molecule has 6 fully saturated rings. The fourth-order valence-electron chi connectivity index (χ4n) is 13.9. The first-order valence-electron chi connectivity index (χ1n) is 20.1. The summed E-state index contributed by atoms with van der Waals surface area (Å²) in [4.78, 5) is 5.59. The number of piperidine rings is 2. The van der Waals surface area contributed by atoms with Crippen LogP contribution in [0.1, 0.15) is 100 Å². The van der Waals surface area contributed by atoms with Gasteiger partial charge in [0.15, 0.2) is 23.0 Å². The van der Waals surface area contributed by atoms with E-state index in [4.69, 9.17) is 20.9 Å². The summed E-state index contributed by atoms with van der Waals surface area (Å²) in [6, 6.07) is 9.27. The van der Waals surface area contributed by atoms with Crippen LogP contribution in [-0.2, 0) is 23.7 Å². The lowest BCUT2D eigenvalue weighted by atomic mass is 9.43. The first-order valence-corrected chi connectivity index (χ1v) is 20.1. The predicted octanol–water partition coefficient (Wildman–Crippen LogP) is 5.12. The van der Waals surface area contributed by atoms with Crippen LogP contribution in [0.25, 0.3) is 0 Å². The van der Waals surface area contributed by atoms with Gasteiger partial charge in [-0.1, -0.05) is 26.0 Å². The molecule has 2 saturated heterocycles. The number of phenolic OH excluding ortho intramolecular Hbond substituents is 2. The van der Waals surface area contributed by atoms with Crippen LogP contribution in [0.15, 0.2) is 24.3 Å². The number of aromatic hydroxyl groups is 2. The van der Waals surface area contributed by atoms with Crippen LogP contribution >= 0.6 is 0 Å². The Bertz CT molecular complexity index is 1650. The highest BCUT2D eigenvalue weighted by Gasteiger charge is 2.72. The fourth-order valence-corrected chi connectivity index (χ4v) is 13.9. The van der Waals surface area contributed by atoms with E-state index in [-0.39, 0.29) is 46.0 Å². The van der Waals surface area contributed by atoms with Crippen LogP contribution in [0.4, 0.5) is 0 Å². The maximum Gasteiger partial charge on any atom is 0.165 e. The summed E-state index contributed by atoms with van der Waals surface area (Å²) in [5.41, 5.74) is 19.0. The summed E-state index contributed by atoms with van der Waals surface area (Å²) in [7, 11) is 0. The molecule has 0 amide bonds. The zero-order valence-corrected chi connectivity index (χ0v) is 30.0. The molecule has 4 aliphatic heterocycles. The number of ether oxygens (including phenoxy) is 2. The van der Waals surface area contributed by atoms with Crippen molar-refractivity contribution in [3.05, 3.63) is 46.5 Å². The van der Waals surface area contributed by atoms with Gasteiger partial charge < -0.3 is 31.2 Å². The topological polar surface area (TPSA) is 117 Å². The Balaban J connectivity index is 0.000000120. The van der Waals surface area contributed by atoms with Gasteiger partial charge >= 0.3 is 0 Å². The van der Waals surface area contributed by atoms with Crippen molar-refractivity contribution in [2.45, 2.75) is 138 Å². The molecule has 8 nitrogen and oxygen atoms in total. The third-order valence-electron chi connectivity index (χ3n) is 16.8. The minimum absolute atomic E-state index is 0.00294. The van der Waals surface area contributed by atoms with Crippen molar-refractivity contribution in [1.29, 1.82) is 0 Å². The van der Waals surface area contributed by atoms with Crippen LogP contribution in [0.3, 0.4) is 0 Å². The van der Waals surface area contributed by atoms with E-state index in [0.717, 1.165) is 74.9 Å². The summed E-state index contributed by atoms with van der Waals surface area (Å²) in [5, 5.41) is 21.0. The van der Waals surface area contributed by atoms with Crippen molar-refractivity contribution < 1.29 is 19.7 Å². The molecule has 4 heterocycles. The van der Waals surface area contributed by atoms with Gasteiger partial charge in [0.05, 0.1) is 0 Å². The highest BCUT2D eigenvalue weighted by molar-refractivity contribution is 5.63. The average molecular weight is 681 g/mol. The second kappa shape index (κ2) is 10.1. The van der Waals surface area contributed by atoms with Gasteiger partial charge in [0.2, 0.25) is 0 Å². The number of nitrogens with two attached hydrogens (primary N) is 2. The van der Waals surface area contributed by atoms with Gasteiger partial charge in [-0.3, -0.25) is 9.80 Å². The molecule has 0 radical (unpaired) electrons. The summed E-state index contributed by atoms with van der Waals surface area (Å²) < 4.78 is 12.8. The van der Waals surface area contributed by atoms with Gasteiger partial charge in [-0.15, -0.1) is 0 Å². The van der Waals surface area contributed by atoms with Crippen molar-refractivity contribution in [1.82, 2.24) is 9.80 Å². The van der Waals surface area contributed by atoms with Gasteiger partial charge in [-0.05, 0) is 136 Å². The minimum Gasteiger partial charge on any atom is -0.504 e. The second-order valence-corrected chi connectivity index (χ2v) is 19.0. The maximum absolute atomic E-state index is 10.5. The van der Waals surface area contributed by atoms with Crippen molar-refractivity contribution >= 4 is 0 Å². The van der Waals surface area contributed by atoms with Crippen molar-refractivity contribution in [2.24, 2.45) is 34.1 Å². The molecule has 8 heteroatoms. The van der Waals surface area contributed by atoms with Crippen molar-refractivity contribution in [3.8, 4) is 23.0 Å². The molecule has 6 aliphatic carbocycles. The molecule has 4 saturated carbocycles. The van der Waals surface area contributed by atoms with E-state index in [0.29, 0.717) is 23.6 Å². The zero-order valence-electron chi connectivity index (χ0n) is 30.0. The number of phenols is 2. The van der Waals surface area contributed by atoms with Gasteiger partial charge in [0.25, 0.3) is 0 Å². The summed E-state index contributed by atoms with van der Waals surface area (Å²) in [6.07, 6.45) is 14.5. The molecular weight excluding hydrogens is 624 g/mol. The number of hydrogen-bond acceptors (Lipinski definition) is 8. The second-order valence-electron chi connectivity index (χ2n) is 19.0. The third-order valence-corrected chi connectivity index (χ3v) is 16.8. The molecule has 12 rings (SSSR count). The van der Waals surface area contributed by atoms with E-state index in [1.807, 2.05) is 12.1 Å². The van der Waals surface area contributed by atoms with E-state index in [2.05, 4.69) is 35.8 Å². The minimum atomic E-state index is -0.00294. The summed E-state index contributed by atoms with van der Waals surface area (Å²) in [6.45, 7) is 9.85. The first kappa shape index (κ1) is 31.0. The molecular formula is C42H56N4O4. The van der Waals surface area contributed by atoms with Gasteiger partial charge in [-0.2, -0.15) is 0 Å². The monoisotopic (exact) mass is 680 g/mol. The van der Waals surface area contributed by atoms with Crippen LogP contribution in [-0.4, -0.2) is 82.6 Å². The maximum atomic E-state index is 10.5. The predicted molar refractivity (Wildman–Crippen MR) is 192 cm³/mol. The molecule has 2 unspecified atom stereocenters. The SMILES string of the molecule is C[C@@]12CC[C@@H](N)[C@@H]3Oc4c(O)ccc5c4[C@@]31CCN(CC1CC1)C2C5.C[C@@]12CC[C@H](N)[C@@H]3Oc4c(O)ccc5c4[C@@]31CCN(CC1CC1)C2C5. The van der Waals surface area contributed by atoms with E-state index in [1.165, 1.54) is 73.9 Å². The molecule has 2 aromatic rings. The number of nitrogens with zero attached hydrogens (tertiary/aromatic N) is 2. The van der Waals surface area contributed by atoms with Crippen LogP contribution in [0.5, 0.6) is 23.0 Å². The Kier molecular flexibility index (Phi) is 6.28. The van der Waals surface area contributed by atoms with Crippen LogP contribution < -0.4 is 20.9 Å². The molecule has 50 heavy (non-hydrogen) atoms. The Morgan fingerprint density at radius 1 is 0.640 bits per heavy atom. The number of hydrogen-bond donors (Lipinski definition) is 4. The highest BCUT2D eigenvalue weighted by Crippen LogP contribution is 2.70. The largest absolute Gasteiger partial charge is 0.504 e. The first-order chi connectivity index (χ1) is 24.1. The Morgan fingerprint density at radius 2 is 1.06 bits per heavy atom. The van der Waals surface area contributed by atoms with Gasteiger partial charge in [-0.25, -0.2) is 0 Å². The Labute approximate surface area is 296 Å². The van der Waals surface area contributed by atoms with E-state index >= 15 is 0 Å². The number of likely N-dealkylation sites (tertiary alicyclic amines) is 2. The molecule has 6 N–H and O–H groups in total. The highest BCUT2D eigenvalue weighted by atomic mass is 16.5. The van der Waals surface area contributed by atoms with E-state index < -0.39 is 0 Å². The number of benzene rings is 2. The molecule has 2 aromatic carbocycles. The molecule has 0 aromatic heterocycles. The van der Waals surface area contributed by atoms with Gasteiger partial charge in [0, 0.05) is 59.2 Å². The average Bonchev–Trinajstić information content (AvgIpc) is 4.02. The smallest absolute Gasteiger partial charge is 0.165 e. The molecule has 10 aliphatic rings. The lowest BCUT2D eigenvalue weighted by Gasteiger charge is -2.65. The molecule has 2 spiro atoms. The van der Waals surface area contributed by atoms with Crippen LogP contribution in [0.2, 0.25) is 0 Å². The summed E-state index contributed by atoms with van der Waals surface area (Å²) in [5.74, 6) is 3.96. The quantitative estimate of drug-likeness (QED) is 0.352. The van der Waals surface area contributed by atoms with Gasteiger partial charge in [0.1, 0.15) is 12.2 Å². The molecule has 10 atom stereocenters. The molecule has 4 bridgehead atoms. The standard InChI is InChI=1S/2C21H28N2O2/c2*1-20-7-6-14(22)19-21(20)8-9-23(11-12-2-3-12)16(20)10-13-4-5-15(24)18(25-19)17(13)21/h2*4-5,12,14,16,19,24H,2-3,6-11,22H2,1H3/t14-,16?,19+,20+,21+;14-,16?,19-,20-,21-/m10/s1. The lowest BCUT2D eigenvalue weighted by Crippen LogP contribution is -2.73. The van der Waals surface area contributed by atoms with Crippen LogP contribution in [0, 0.1) is 22.7 Å². The van der Waals surface area contributed by atoms with Crippen molar-refractivity contribution in [3.63, 3.8) is 0 Å². The van der Waals surface area contributed by atoms with E-state index in [1.54, 1.807) is 0 Å².